The first-order chi connectivity index (χ1) is 15.2. The molecular formula is C25H34N4O2. The molecule has 2 N–H and O–H groups in total. The average Bonchev–Trinajstić information content (AvgIpc) is 3.34. The highest BCUT2D eigenvalue weighted by molar-refractivity contribution is 5.73. The Kier molecular flexibility index (Phi) is 7.43. The SMILES string of the molecule is COc1ccc(C(CNC(=O)NCCN2CCc3ccccc3C2)N2CCCC2)cc1. The Hall–Kier alpha value is -2.57. The molecule has 1 fully saturated rings. The van der Waals surface area contributed by atoms with Gasteiger partial charge in [0.15, 0.2) is 0 Å². The van der Waals surface area contributed by atoms with Gasteiger partial charge in [-0.3, -0.25) is 9.80 Å². The number of methoxy groups -OCH3 is 1. The van der Waals surface area contributed by atoms with E-state index >= 15 is 0 Å². The lowest BCUT2D eigenvalue weighted by molar-refractivity contribution is 0.216. The number of likely N-dealkylation sites (tertiary alicyclic amines) is 1. The van der Waals surface area contributed by atoms with Crippen molar-refractivity contribution in [3.63, 3.8) is 0 Å². The highest BCUT2D eigenvalue weighted by atomic mass is 16.5. The van der Waals surface area contributed by atoms with Crippen LogP contribution in [0.5, 0.6) is 5.75 Å². The third kappa shape index (κ3) is 5.77. The van der Waals surface area contributed by atoms with E-state index in [9.17, 15) is 4.79 Å². The van der Waals surface area contributed by atoms with Crippen LogP contribution in [-0.4, -0.2) is 62.2 Å². The highest BCUT2D eigenvalue weighted by Gasteiger charge is 2.24. The maximum absolute atomic E-state index is 12.5. The van der Waals surface area contributed by atoms with Crippen molar-refractivity contribution in [3.05, 3.63) is 65.2 Å². The quantitative estimate of drug-likeness (QED) is 0.686. The number of ether oxygens (including phenoxy) is 1. The van der Waals surface area contributed by atoms with E-state index in [-0.39, 0.29) is 12.1 Å². The van der Waals surface area contributed by atoms with Gasteiger partial charge >= 0.3 is 6.03 Å². The monoisotopic (exact) mass is 422 g/mol. The highest BCUT2D eigenvalue weighted by Crippen LogP contribution is 2.26. The topological polar surface area (TPSA) is 56.8 Å². The smallest absolute Gasteiger partial charge is 0.314 e. The second kappa shape index (κ2) is 10.6. The number of urea groups is 1. The van der Waals surface area contributed by atoms with Gasteiger partial charge in [0.05, 0.1) is 13.2 Å². The molecule has 166 valence electrons. The number of hydrogen-bond acceptors (Lipinski definition) is 4. The molecule has 1 atom stereocenters. The van der Waals surface area contributed by atoms with Gasteiger partial charge in [0.2, 0.25) is 0 Å². The van der Waals surface area contributed by atoms with Crippen molar-refractivity contribution in [3.8, 4) is 5.75 Å². The lowest BCUT2D eigenvalue weighted by Gasteiger charge is -2.29. The minimum atomic E-state index is -0.0879. The number of nitrogens with zero attached hydrogens (tertiary/aromatic N) is 2. The third-order valence-electron chi connectivity index (χ3n) is 6.46. The first-order valence-electron chi connectivity index (χ1n) is 11.4. The van der Waals surface area contributed by atoms with E-state index in [1.54, 1.807) is 7.11 Å². The van der Waals surface area contributed by atoms with Gasteiger partial charge in [-0.05, 0) is 61.2 Å². The summed E-state index contributed by atoms with van der Waals surface area (Å²) in [7, 11) is 1.68. The Morgan fingerprint density at radius 3 is 2.48 bits per heavy atom. The molecule has 0 spiro atoms. The first-order valence-corrected chi connectivity index (χ1v) is 11.4. The van der Waals surface area contributed by atoms with Crippen molar-refractivity contribution in [2.24, 2.45) is 0 Å². The molecule has 31 heavy (non-hydrogen) atoms. The van der Waals surface area contributed by atoms with Gasteiger partial charge < -0.3 is 15.4 Å². The number of nitrogens with one attached hydrogen (secondary N) is 2. The van der Waals surface area contributed by atoms with Crippen LogP contribution in [0.3, 0.4) is 0 Å². The second-order valence-electron chi connectivity index (χ2n) is 8.46. The van der Waals surface area contributed by atoms with E-state index in [0.717, 1.165) is 44.9 Å². The van der Waals surface area contributed by atoms with Gasteiger partial charge in [-0.25, -0.2) is 4.79 Å². The summed E-state index contributed by atoms with van der Waals surface area (Å²) in [5.74, 6) is 0.856. The van der Waals surface area contributed by atoms with Crippen molar-refractivity contribution >= 4 is 6.03 Å². The molecule has 2 aliphatic rings. The molecule has 2 aliphatic heterocycles. The number of amides is 2. The Bertz CT molecular complexity index is 849. The molecule has 0 aromatic heterocycles. The summed E-state index contributed by atoms with van der Waals surface area (Å²) in [5, 5.41) is 6.14. The van der Waals surface area contributed by atoms with Crippen LogP contribution in [0.4, 0.5) is 4.79 Å². The van der Waals surface area contributed by atoms with Crippen LogP contribution in [0, 0.1) is 0 Å². The molecule has 0 bridgehead atoms. The number of fused-ring (bicyclic) bond motifs is 1. The van der Waals surface area contributed by atoms with Crippen molar-refractivity contribution in [2.75, 3.05) is 46.4 Å². The van der Waals surface area contributed by atoms with Gasteiger partial charge in [-0.15, -0.1) is 0 Å². The van der Waals surface area contributed by atoms with Gasteiger partial charge in [0.25, 0.3) is 0 Å². The molecule has 1 unspecified atom stereocenters. The fraction of sp³-hybridized carbons (Fsp3) is 0.480. The molecule has 2 aromatic rings. The van der Waals surface area contributed by atoms with Crippen LogP contribution in [0.25, 0.3) is 0 Å². The van der Waals surface area contributed by atoms with Gasteiger partial charge in [0, 0.05) is 32.7 Å². The molecule has 0 radical (unpaired) electrons. The van der Waals surface area contributed by atoms with Crippen LogP contribution in [0.2, 0.25) is 0 Å². The fourth-order valence-corrected chi connectivity index (χ4v) is 4.66. The summed E-state index contributed by atoms with van der Waals surface area (Å²) >= 11 is 0. The van der Waals surface area contributed by atoms with Crippen LogP contribution >= 0.6 is 0 Å². The minimum absolute atomic E-state index is 0.0879. The summed E-state index contributed by atoms with van der Waals surface area (Å²) in [4.78, 5) is 17.3. The van der Waals surface area contributed by atoms with Crippen LogP contribution in [0.15, 0.2) is 48.5 Å². The summed E-state index contributed by atoms with van der Waals surface area (Å²) in [5.41, 5.74) is 4.08. The number of carbonyl (C=O) groups excluding carboxylic acids is 1. The molecule has 2 amide bonds. The van der Waals surface area contributed by atoms with Crippen LogP contribution in [0.1, 0.15) is 35.6 Å². The number of benzene rings is 2. The van der Waals surface area contributed by atoms with Crippen molar-refractivity contribution in [2.45, 2.75) is 31.8 Å². The molecule has 6 heteroatoms. The number of rotatable bonds is 8. The molecule has 6 nitrogen and oxygen atoms in total. The van der Waals surface area contributed by atoms with E-state index < -0.39 is 0 Å². The van der Waals surface area contributed by atoms with E-state index in [2.05, 4.69) is 56.8 Å². The molecule has 4 rings (SSSR count). The van der Waals surface area contributed by atoms with Crippen LogP contribution < -0.4 is 15.4 Å². The number of carbonyl (C=O) groups is 1. The molecule has 2 heterocycles. The number of hydrogen-bond donors (Lipinski definition) is 2. The molecule has 2 aromatic carbocycles. The Morgan fingerprint density at radius 2 is 1.74 bits per heavy atom. The Morgan fingerprint density at radius 1 is 1.00 bits per heavy atom. The fourth-order valence-electron chi connectivity index (χ4n) is 4.66. The van der Waals surface area contributed by atoms with Gasteiger partial charge in [-0.1, -0.05) is 36.4 Å². The summed E-state index contributed by atoms with van der Waals surface area (Å²) in [6.07, 6.45) is 3.53. The second-order valence-corrected chi connectivity index (χ2v) is 8.46. The summed E-state index contributed by atoms with van der Waals surface area (Å²) in [6, 6.07) is 17.0. The zero-order valence-electron chi connectivity index (χ0n) is 18.5. The standard InChI is InChI=1S/C25H34N4O2/c1-31-23-10-8-21(9-11-23)24(29-14-4-5-15-29)18-27-25(30)26-13-17-28-16-12-20-6-2-3-7-22(20)19-28/h2-3,6-11,24H,4-5,12-19H2,1H3,(H2,26,27,30). The summed E-state index contributed by atoms with van der Waals surface area (Å²) in [6.45, 7) is 6.31. The predicted octanol–water partition coefficient (Wildman–Crippen LogP) is 3.19. The molecule has 0 aliphatic carbocycles. The molecule has 1 saturated heterocycles. The minimum Gasteiger partial charge on any atom is -0.497 e. The Balaban J connectivity index is 1.24. The zero-order valence-corrected chi connectivity index (χ0v) is 18.5. The normalized spacial score (nSPS) is 17.7. The van der Waals surface area contributed by atoms with E-state index in [1.807, 2.05) is 12.1 Å². The average molecular weight is 423 g/mol. The first kappa shape index (κ1) is 21.7. The lowest BCUT2D eigenvalue weighted by atomic mass is 10.00. The molecule has 0 saturated carbocycles. The van der Waals surface area contributed by atoms with Crippen molar-refractivity contribution in [1.82, 2.24) is 20.4 Å². The maximum Gasteiger partial charge on any atom is 0.314 e. The van der Waals surface area contributed by atoms with E-state index in [0.29, 0.717) is 13.1 Å². The van der Waals surface area contributed by atoms with Gasteiger partial charge in [-0.2, -0.15) is 0 Å². The lowest BCUT2D eigenvalue weighted by Crippen LogP contribution is -2.44. The van der Waals surface area contributed by atoms with E-state index in [1.165, 1.54) is 29.5 Å². The molecular weight excluding hydrogens is 388 g/mol. The van der Waals surface area contributed by atoms with E-state index in [4.69, 9.17) is 4.74 Å². The van der Waals surface area contributed by atoms with Crippen LogP contribution in [-0.2, 0) is 13.0 Å². The Labute approximate surface area is 185 Å². The zero-order chi connectivity index (χ0) is 21.5. The van der Waals surface area contributed by atoms with Crippen molar-refractivity contribution < 1.29 is 9.53 Å². The third-order valence-corrected chi connectivity index (χ3v) is 6.46. The predicted molar refractivity (Wildman–Crippen MR) is 123 cm³/mol. The largest absolute Gasteiger partial charge is 0.497 e. The summed E-state index contributed by atoms with van der Waals surface area (Å²) < 4.78 is 5.29. The van der Waals surface area contributed by atoms with Gasteiger partial charge in [0.1, 0.15) is 5.75 Å². The van der Waals surface area contributed by atoms with Crippen molar-refractivity contribution in [1.29, 1.82) is 0 Å². The maximum atomic E-state index is 12.5.